The van der Waals surface area contributed by atoms with E-state index in [0.29, 0.717) is 6.04 Å². The molecular weight excluding hydrogens is 196 g/mol. The van der Waals surface area contributed by atoms with E-state index >= 15 is 0 Å². The molecule has 2 aliphatic rings. The Labute approximate surface area is 93.8 Å². The first-order valence-electron chi connectivity index (χ1n) is 5.73. The normalized spacial score (nSPS) is 39.4. The number of halogens is 1. The molecular formula is C11H23ClN2. The summed E-state index contributed by atoms with van der Waals surface area (Å²) in [5.41, 5.74) is 0. The third-order valence-electron chi connectivity index (χ3n) is 3.58. The van der Waals surface area contributed by atoms with Crippen LogP contribution >= 0.6 is 12.4 Å². The van der Waals surface area contributed by atoms with Gasteiger partial charge in [-0.3, -0.25) is 4.90 Å². The summed E-state index contributed by atoms with van der Waals surface area (Å²) in [7, 11) is 0. The minimum Gasteiger partial charge on any atom is -0.312 e. The van der Waals surface area contributed by atoms with E-state index in [-0.39, 0.29) is 12.4 Å². The monoisotopic (exact) mass is 218 g/mol. The lowest BCUT2D eigenvalue weighted by atomic mass is 10.1. The summed E-state index contributed by atoms with van der Waals surface area (Å²) < 4.78 is 0. The summed E-state index contributed by atoms with van der Waals surface area (Å²) in [6, 6.07) is 1.60. The quantitative estimate of drug-likeness (QED) is 0.723. The largest absolute Gasteiger partial charge is 0.312 e. The number of hydrogen-bond acceptors (Lipinski definition) is 2. The molecule has 0 bridgehead atoms. The molecule has 84 valence electrons. The smallest absolute Gasteiger partial charge is 0.0167 e. The van der Waals surface area contributed by atoms with Crippen molar-refractivity contribution in [1.82, 2.24) is 10.2 Å². The van der Waals surface area contributed by atoms with Crippen LogP contribution in [-0.4, -0.2) is 36.6 Å². The first kappa shape index (κ1) is 12.3. The van der Waals surface area contributed by atoms with E-state index in [9.17, 15) is 0 Å². The first-order chi connectivity index (χ1) is 6.25. The molecule has 0 radical (unpaired) electrons. The maximum atomic E-state index is 3.50. The van der Waals surface area contributed by atoms with Crippen molar-refractivity contribution in [2.75, 3.05) is 19.6 Å². The van der Waals surface area contributed by atoms with Crippen LogP contribution in [0.25, 0.3) is 0 Å². The second-order valence-corrected chi connectivity index (χ2v) is 4.92. The van der Waals surface area contributed by atoms with Crippen molar-refractivity contribution >= 4 is 12.4 Å². The topological polar surface area (TPSA) is 15.3 Å². The van der Waals surface area contributed by atoms with E-state index in [2.05, 4.69) is 24.1 Å². The van der Waals surface area contributed by atoms with Gasteiger partial charge in [0.15, 0.2) is 0 Å². The Kier molecular flexibility index (Phi) is 4.68. The highest BCUT2D eigenvalue weighted by atomic mass is 35.5. The number of piperazine rings is 1. The SMILES string of the molecule is CC1CCC(N2CCN[C@H](C)C2)C1.Cl. The van der Waals surface area contributed by atoms with Crippen molar-refractivity contribution in [1.29, 1.82) is 0 Å². The molecule has 0 spiro atoms. The highest BCUT2D eigenvalue weighted by molar-refractivity contribution is 5.85. The zero-order valence-corrected chi connectivity index (χ0v) is 10.1. The Hall–Kier alpha value is 0.210. The van der Waals surface area contributed by atoms with Gasteiger partial charge in [-0.15, -0.1) is 12.4 Å². The number of hydrogen-bond donors (Lipinski definition) is 1. The summed E-state index contributed by atoms with van der Waals surface area (Å²) in [5, 5.41) is 3.50. The molecule has 1 saturated heterocycles. The standard InChI is InChI=1S/C11H22N2.ClH/c1-9-3-4-11(7-9)13-6-5-12-10(2)8-13;/h9-12H,3-8H2,1-2H3;1H/t9?,10-,11?;/m1./s1. The highest BCUT2D eigenvalue weighted by Crippen LogP contribution is 2.29. The fourth-order valence-electron chi connectivity index (χ4n) is 2.80. The number of rotatable bonds is 1. The van der Waals surface area contributed by atoms with Gasteiger partial charge in [0.2, 0.25) is 0 Å². The third-order valence-corrected chi connectivity index (χ3v) is 3.58. The number of nitrogens with one attached hydrogen (secondary N) is 1. The van der Waals surface area contributed by atoms with Gasteiger partial charge in [-0.1, -0.05) is 6.92 Å². The molecule has 3 heteroatoms. The third kappa shape index (κ3) is 2.85. The van der Waals surface area contributed by atoms with Gasteiger partial charge in [0.25, 0.3) is 0 Å². The second-order valence-electron chi connectivity index (χ2n) is 4.92. The Morgan fingerprint density at radius 1 is 1.21 bits per heavy atom. The van der Waals surface area contributed by atoms with Gasteiger partial charge < -0.3 is 5.32 Å². The van der Waals surface area contributed by atoms with E-state index < -0.39 is 0 Å². The molecule has 14 heavy (non-hydrogen) atoms. The van der Waals surface area contributed by atoms with Crippen molar-refractivity contribution < 1.29 is 0 Å². The van der Waals surface area contributed by atoms with Crippen molar-refractivity contribution in [2.24, 2.45) is 5.92 Å². The molecule has 2 rings (SSSR count). The molecule has 0 aromatic carbocycles. The van der Waals surface area contributed by atoms with Crippen molar-refractivity contribution in [3.05, 3.63) is 0 Å². The molecule has 1 N–H and O–H groups in total. The molecule has 1 heterocycles. The van der Waals surface area contributed by atoms with Gasteiger partial charge in [-0.05, 0) is 32.1 Å². The van der Waals surface area contributed by atoms with Gasteiger partial charge in [-0.25, -0.2) is 0 Å². The summed E-state index contributed by atoms with van der Waals surface area (Å²) in [6.45, 7) is 8.40. The molecule has 0 aromatic heterocycles. The molecule has 0 aromatic rings. The predicted octanol–water partition coefficient (Wildman–Crippen LogP) is 1.89. The number of nitrogens with zero attached hydrogens (tertiary/aromatic N) is 1. The summed E-state index contributed by atoms with van der Waals surface area (Å²) in [5.74, 6) is 0.968. The molecule has 1 saturated carbocycles. The molecule has 2 fully saturated rings. The van der Waals surface area contributed by atoms with Crippen LogP contribution in [-0.2, 0) is 0 Å². The van der Waals surface area contributed by atoms with Crippen LogP contribution < -0.4 is 5.32 Å². The van der Waals surface area contributed by atoms with Crippen LogP contribution in [0.1, 0.15) is 33.1 Å². The minimum absolute atomic E-state index is 0. The van der Waals surface area contributed by atoms with E-state index in [1.54, 1.807) is 0 Å². The van der Waals surface area contributed by atoms with Crippen LogP contribution in [0.2, 0.25) is 0 Å². The zero-order chi connectivity index (χ0) is 9.26. The van der Waals surface area contributed by atoms with E-state index in [0.717, 1.165) is 12.0 Å². The van der Waals surface area contributed by atoms with Crippen molar-refractivity contribution in [3.63, 3.8) is 0 Å². The van der Waals surface area contributed by atoms with Crippen LogP contribution in [0, 0.1) is 5.92 Å². The Morgan fingerprint density at radius 3 is 2.57 bits per heavy atom. The molecule has 1 aliphatic carbocycles. The lowest BCUT2D eigenvalue weighted by Gasteiger charge is -2.36. The highest BCUT2D eigenvalue weighted by Gasteiger charge is 2.28. The zero-order valence-electron chi connectivity index (χ0n) is 9.33. The van der Waals surface area contributed by atoms with E-state index in [4.69, 9.17) is 0 Å². The van der Waals surface area contributed by atoms with Gasteiger partial charge in [0.05, 0.1) is 0 Å². The molecule has 3 atom stereocenters. The Bertz CT molecular complexity index is 175. The van der Waals surface area contributed by atoms with E-state index in [1.807, 2.05) is 0 Å². The van der Waals surface area contributed by atoms with Crippen LogP contribution in [0.5, 0.6) is 0 Å². The van der Waals surface area contributed by atoms with Gasteiger partial charge >= 0.3 is 0 Å². The fraction of sp³-hybridized carbons (Fsp3) is 1.00. The Balaban J connectivity index is 0.000000980. The summed E-state index contributed by atoms with van der Waals surface area (Å²) in [4.78, 5) is 2.70. The molecule has 0 amide bonds. The minimum atomic E-state index is 0. The lowest BCUT2D eigenvalue weighted by Crippen LogP contribution is -2.52. The lowest BCUT2D eigenvalue weighted by molar-refractivity contribution is 0.148. The first-order valence-corrected chi connectivity index (χ1v) is 5.73. The van der Waals surface area contributed by atoms with Crippen molar-refractivity contribution in [3.8, 4) is 0 Å². The summed E-state index contributed by atoms with van der Waals surface area (Å²) >= 11 is 0. The molecule has 2 unspecified atom stereocenters. The van der Waals surface area contributed by atoms with Crippen molar-refractivity contribution in [2.45, 2.75) is 45.2 Å². The predicted molar refractivity (Wildman–Crippen MR) is 63.1 cm³/mol. The second kappa shape index (κ2) is 5.34. The van der Waals surface area contributed by atoms with E-state index in [1.165, 1.54) is 38.9 Å². The molecule has 2 nitrogen and oxygen atoms in total. The summed E-state index contributed by atoms with van der Waals surface area (Å²) in [6.07, 6.45) is 4.32. The van der Waals surface area contributed by atoms with Gasteiger partial charge in [0.1, 0.15) is 0 Å². The van der Waals surface area contributed by atoms with Crippen LogP contribution in [0.4, 0.5) is 0 Å². The average molecular weight is 219 g/mol. The fourth-order valence-corrected chi connectivity index (χ4v) is 2.80. The maximum Gasteiger partial charge on any atom is 0.0167 e. The van der Waals surface area contributed by atoms with Crippen LogP contribution in [0.3, 0.4) is 0 Å². The van der Waals surface area contributed by atoms with Gasteiger partial charge in [0, 0.05) is 31.7 Å². The average Bonchev–Trinajstić information content (AvgIpc) is 2.52. The van der Waals surface area contributed by atoms with Crippen LogP contribution in [0.15, 0.2) is 0 Å². The van der Waals surface area contributed by atoms with Gasteiger partial charge in [-0.2, -0.15) is 0 Å². The maximum absolute atomic E-state index is 3.50. The molecule has 1 aliphatic heterocycles. The Morgan fingerprint density at radius 2 is 2.00 bits per heavy atom.